The highest BCUT2D eigenvalue weighted by atomic mass is 16.5. The molecule has 7 nitrogen and oxygen atoms in total. The monoisotopic (exact) mass is 404 g/mol. The van der Waals surface area contributed by atoms with Crippen molar-refractivity contribution in [3.63, 3.8) is 0 Å². The van der Waals surface area contributed by atoms with Crippen LogP contribution in [0, 0.1) is 5.41 Å². The van der Waals surface area contributed by atoms with Crippen LogP contribution in [0.3, 0.4) is 0 Å². The van der Waals surface area contributed by atoms with Crippen molar-refractivity contribution in [3.05, 3.63) is 23.8 Å². The minimum Gasteiger partial charge on any atom is -0.493 e. The molecular weight excluding hydrogens is 368 g/mol. The number of anilines is 1. The third kappa shape index (κ3) is 9.09. The normalized spacial score (nSPS) is 11.8. The standard InChI is InChI=1S/C22H36N4O3/c1-4-5-9-19(20(27)15-24)26-22(28)18-14-17(25-16(2)3)10-11-21(18)29-13-8-6-7-12-23/h10-11,14-16,19,24-25H,4-9,12-13,23H2,1-3H3,(H,26,28)/t19-/m0/s1. The molecule has 1 amide bonds. The van der Waals surface area contributed by atoms with E-state index in [9.17, 15) is 9.59 Å². The number of ketones is 1. The third-order valence-electron chi connectivity index (χ3n) is 4.42. The van der Waals surface area contributed by atoms with Gasteiger partial charge < -0.3 is 26.5 Å². The van der Waals surface area contributed by atoms with Crippen molar-refractivity contribution in [2.24, 2.45) is 5.73 Å². The lowest BCUT2D eigenvalue weighted by molar-refractivity contribution is -0.114. The Morgan fingerprint density at radius 2 is 1.97 bits per heavy atom. The fourth-order valence-electron chi connectivity index (χ4n) is 2.89. The molecule has 0 unspecified atom stereocenters. The van der Waals surface area contributed by atoms with Gasteiger partial charge in [0.1, 0.15) is 5.75 Å². The van der Waals surface area contributed by atoms with Crippen molar-refractivity contribution in [2.75, 3.05) is 18.5 Å². The van der Waals surface area contributed by atoms with E-state index in [1.165, 1.54) is 0 Å². The van der Waals surface area contributed by atoms with Crippen molar-refractivity contribution in [1.82, 2.24) is 5.32 Å². The zero-order chi connectivity index (χ0) is 21.6. The summed E-state index contributed by atoms with van der Waals surface area (Å²) in [7, 11) is 0. The first-order chi connectivity index (χ1) is 13.9. The molecule has 1 rings (SSSR count). The molecule has 0 saturated carbocycles. The first-order valence-corrected chi connectivity index (χ1v) is 10.5. The van der Waals surface area contributed by atoms with Gasteiger partial charge in [-0.3, -0.25) is 9.59 Å². The highest BCUT2D eigenvalue weighted by Gasteiger charge is 2.22. The van der Waals surface area contributed by atoms with Crippen molar-refractivity contribution in [2.45, 2.75) is 71.4 Å². The maximum Gasteiger partial charge on any atom is 0.255 e. The number of Topliss-reactive ketones (excluding diaryl/α,β-unsaturated/α-hetero) is 1. The lowest BCUT2D eigenvalue weighted by Gasteiger charge is -2.19. The second-order valence-electron chi connectivity index (χ2n) is 7.42. The van der Waals surface area contributed by atoms with E-state index >= 15 is 0 Å². The second-order valence-corrected chi connectivity index (χ2v) is 7.42. The fraction of sp³-hybridized carbons (Fsp3) is 0.591. The van der Waals surface area contributed by atoms with Gasteiger partial charge in [-0.15, -0.1) is 0 Å². The lowest BCUT2D eigenvalue weighted by atomic mass is 10.0. The van der Waals surface area contributed by atoms with E-state index in [0.717, 1.165) is 44.0 Å². The first kappa shape index (κ1) is 24.6. The average Bonchev–Trinajstić information content (AvgIpc) is 2.70. The molecule has 0 aliphatic heterocycles. The molecule has 0 heterocycles. The molecule has 0 aliphatic carbocycles. The minimum atomic E-state index is -0.695. The molecule has 162 valence electrons. The van der Waals surface area contributed by atoms with Crippen LogP contribution in [0.5, 0.6) is 5.75 Å². The molecule has 0 bridgehead atoms. The molecule has 0 fully saturated rings. The van der Waals surface area contributed by atoms with E-state index in [2.05, 4.69) is 10.6 Å². The zero-order valence-corrected chi connectivity index (χ0v) is 17.9. The fourth-order valence-corrected chi connectivity index (χ4v) is 2.89. The summed E-state index contributed by atoms with van der Waals surface area (Å²) in [6.45, 7) is 7.21. The average molecular weight is 405 g/mol. The van der Waals surface area contributed by atoms with E-state index in [1.54, 1.807) is 12.1 Å². The number of unbranched alkanes of at least 4 members (excludes halogenated alkanes) is 3. The number of benzene rings is 1. The van der Waals surface area contributed by atoms with Gasteiger partial charge in [-0.05, 0) is 64.3 Å². The number of nitrogens with one attached hydrogen (secondary N) is 3. The van der Waals surface area contributed by atoms with Gasteiger partial charge in [0, 0.05) is 11.7 Å². The van der Waals surface area contributed by atoms with Gasteiger partial charge in [-0.1, -0.05) is 19.8 Å². The molecule has 7 heteroatoms. The molecule has 0 radical (unpaired) electrons. The predicted molar refractivity (Wildman–Crippen MR) is 118 cm³/mol. The predicted octanol–water partition coefficient (Wildman–Crippen LogP) is 3.52. The number of rotatable bonds is 15. The van der Waals surface area contributed by atoms with Crippen molar-refractivity contribution in [1.29, 1.82) is 5.41 Å². The van der Waals surface area contributed by atoms with Crippen molar-refractivity contribution >= 4 is 23.6 Å². The Kier molecular flexibility index (Phi) is 11.6. The second kappa shape index (κ2) is 13.7. The summed E-state index contributed by atoms with van der Waals surface area (Å²) in [6.07, 6.45) is 5.75. The van der Waals surface area contributed by atoms with Crippen LogP contribution in [-0.2, 0) is 4.79 Å². The Labute approximate surface area is 174 Å². The van der Waals surface area contributed by atoms with Crippen molar-refractivity contribution in [3.8, 4) is 5.75 Å². The SMILES string of the molecule is CCCC[C@H](NC(=O)c1cc(NC(C)C)ccc1OCCCCCN)C(=O)C=N. The van der Waals surface area contributed by atoms with Gasteiger partial charge in [-0.2, -0.15) is 0 Å². The molecule has 5 N–H and O–H groups in total. The molecule has 0 spiro atoms. The molecule has 0 aliphatic rings. The number of ether oxygens (including phenoxy) is 1. The smallest absolute Gasteiger partial charge is 0.255 e. The van der Waals surface area contributed by atoms with E-state index in [0.29, 0.717) is 30.9 Å². The Morgan fingerprint density at radius 1 is 1.21 bits per heavy atom. The van der Waals surface area contributed by atoms with Crippen LogP contribution in [0.25, 0.3) is 0 Å². The van der Waals surface area contributed by atoms with Crippen molar-refractivity contribution < 1.29 is 14.3 Å². The molecule has 1 aromatic rings. The summed E-state index contributed by atoms with van der Waals surface area (Å²) in [4.78, 5) is 25.0. The van der Waals surface area contributed by atoms with Crippen LogP contribution >= 0.6 is 0 Å². The topological polar surface area (TPSA) is 117 Å². The summed E-state index contributed by atoms with van der Waals surface area (Å²) in [5.41, 5.74) is 6.71. The molecule has 0 saturated heterocycles. The largest absolute Gasteiger partial charge is 0.493 e. The first-order valence-electron chi connectivity index (χ1n) is 10.5. The lowest BCUT2D eigenvalue weighted by Crippen LogP contribution is -2.41. The molecular formula is C22H36N4O3. The number of hydrogen-bond donors (Lipinski definition) is 4. The summed E-state index contributed by atoms with van der Waals surface area (Å²) >= 11 is 0. The van der Waals surface area contributed by atoms with Crippen LogP contribution in [0.2, 0.25) is 0 Å². The van der Waals surface area contributed by atoms with Gasteiger partial charge in [-0.25, -0.2) is 0 Å². The van der Waals surface area contributed by atoms with Crippen LogP contribution in [0.1, 0.15) is 69.7 Å². The highest BCUT2D eigenvalue weighted by molar-refractivity contribution is 6.29. The van der Waals surface area contributed by atoms with Crippen LogP contribution in [0.15, 0.2) is 18.2 Å². The Bertz CT molecular complexity index is 661. The quantitative estimate of drug-likeness (QED) is 0.263. The highest BCUT2D eigenvalue weighted by Crippen LogP contribution is 2.24. The minimum absolute atomic E-state index is 0.214. The summed E-state index contributed by atoms with van der Waals surface area (Å²) in [5.74, 6) is -0.278. The van der Waals surface area contributed by atoms with Crippen LogP contribution in [-0.4, -0.2) is 43.1 Å². The number of hydrogen-bond acceptors (Lipinski definition) is 6. The van der Waals surface area contributed by atoms with E-state index in [4.69, 9.17) is 15.9 Å². The molecule has 1 atom stereocenters. The van der Waals surface area contributed by atoms with Gasteiger partial charge in [0.2, 0.25) is 0 Å². The molecule has 0 aromatic heterocycles. The third-order valence-corrected chi connectivity index (χ3v) is 4.42. The maximum atomic E-state index is 13.0. The van der Waals surface area contributed by atoms with Crippen LogP contribution in [0.4, 0.5) is 5.69 Å². The summed E-state index contributed by atoms with van der Waals surface area (Å²) < 4.78 is 5.86. The van der Waals surface area contributed by atoms with E-state index < -0.39 is 11.8 Å². The number of carbonyl (C=O) groups excluding carboxylic acids is 2. The number of amides is 1. The summed E-state index contributed by atoms with van der Waals surface area (Å²) in [6, 6.07) is 4.92. The Balaban J connectivity index is 2.99. The zero-order valence-electron chi connectivity index (χ0n) is 17.9. The Hall–Kier alpha value is -2.41. The number of nitrogens with two attached hydrogens (primary N) is 1. The molecule has 29 heavy (non-hydrogen) atoms. The van der Waals surface area contributed by atoms with Gasteiger partial charge in [0.05, 0.1) is 24.4 Å². The number of carbonyl (C=O) groups is 2. The van der Waals surface area contributed by atoms with Crippen LogP contribution < -0.4 is 21.1 Å². The van der Waals surface area contributed by atoms with E-state index in [-0.39, 0.29) is 11.9 Å². The van der Waals surface area contributed by atoms with Gasteiger partial charge in [0.25, 0.3) is 5.91 Å². The Morgan fingerprint density at radius 3 is 2.59 bits per heavy atom. The maximum absolute atomic E-state index is 13.0. The van der Waals surface area contributed by atoms with Gasteiger partial charge in [0.15, 0.2) is 5.78 Å². The van der Waals surface area contributed by atoms with E-state index in [1.807, 2.05) is 26.8 Å². The summed E-state index contributed by atoms with van der Waals surface area (Å²) in [5, 5.41) is 13.3. The van der Waals surface area contributed by atoms with Gasteiger partial charge >= 0.3 is 0 Å². The molecule has 1 aromatic carbocycles.